The average molecular weight is 471 g/mol. The van der Waals surface area contributed by atoms with Crippen molar-refractivity contribution in [3.05, 3.63) is 94.0 Å². The van der Waals surface area contributed by atoms with Gasteiger partial charge in [-0.05, 0) is 80.0 Å². The smallest absolute Gasteiger partial charge is 0.258 e. The largest absolute Gasteiger partial charge is 0.494 e. The van der Waals surface area contributed by atoms with Crippen molar-refractivity contribution < 1.29 is 9.50 Å². The molecule has 6 nitrogen and oxygen atoms in total. The number of H-pyrrole nitrogens is 1. The van der Waals surface area contributed by atoms with E-state index < -0.39 is 5.56 Å². The number of fused-ring (bicyclic) bond motifs is 1. The summed E-state index contributed by atoms with van der Waals surface area (Å²) in [5, 5.41) is 14.6. The Morgan fingerprint density at radius 1 is 0.971 bits per heavy atom. The number of hydrogen-bond acceptors (Lipinski definition) is 5. The SMILES string of the molecule is O=c1[nH]c(O)c(C=Nc2ccc(CN3CCCCC3)cc2)c2cc(Nc3cccc(F)c3)ccc12. The number of aromatic amines is 1. The van der Waals surface area contributed by atoms with Gasteiger partial charge in [-0.2, -0.15) is 0 Å². The second-order valence-corrected chi connectivity index (χ2v) is 8.87. The highest BCUT2D eigenvalue weighted by Gasteiger charge is 2.12. The molecule has 0 amide bonds. The van der Waals surface area contributed by atoms with Crippen molar-refractivity contribution in [3.8, 4) is 5.88 Å². The minimum Gasteiger partial charge on any atom is -0.494 e. The minimum absolute atomic E-state index is 0.254. The maximum atomic E-state index is 13.6. The van der Waals surface area contributed by atoms with Gasteiger partial charge in [0.1, 0.15) is 5.82 Å². The zero-order valence-corrected chi connectivity index (χ0v) is 19.3. The fourth-order valence-electron chi connectivity index (χ4n) is 4.48. The van der Waals surface area contributed by atoms with Gasteiger partial charge in [0, 0.05) is 34.9 Å². The Morgan fingerprint density at radius 3 is 2.51 bits per heavy atom. The van der Waals surface area contributed by atoms with Crippen molar-refractivity contribution >= 4 is 34.0 Å². The zero-order chi connectivity index (χ0) is 24.2. The zero-order valence-electron chi connectivity index (χ0n) is 19.3. The molecule has 2 heterocycles. The Bertz CT molecular complexity index is 1420. The highest BCUT2D eigenvalue weighted by Crippen LogP contribution is 2.27. The van der Waals surface area contributed by atoms with E-state index in [0.29, 0.717) is 27.7 Å². The van der Waals surface area contributed by atoms with E-state index >= 15 is 0 Å². The van der Waals surface area contributed by atoms with E-state index in [9.17, 15) is 14.3 Å². The van der Waals surface area contributed by atoms with Gasteiger partial charge in [-0.25, -0.2) is 4.39 Å². The number of pyridine rings is 1. The average Bonchev–Trinajstić information content (AvgIpc) is 2.85. The van der Waals surface area contributed by atoms with Gasteiger partial charge < -0.3 is 10.4 Å². The Hall–Kier alpha value is -3.97. The Labute approximate surface area is 202 Å². The fourth-order valence-corrected chi connectivity index (χ4v) is 4.48. The number of likely N-dealkylation sites (tertiary alicyclic amines) is 1. The second kappa shape index (κ2) is 10.1. The quantitative estimate of drug-likeness (QED) is 0.309. The van der Waals surface area contributed by atoms with Gasteiger partial charge in [-0.1, -0.05) is 24.6 Å². The van der Waals surface area contributed by atoms with Crippen LogP contribution in [0.3, 0.4) is 0 Å². The van der Waals surface area contributed by atoms with Crippen LogP contribution in [-0.2, 0) is 6.54 Å². The summed E-state index contributed by atoms with van der Waals surface area (Å²) in [4.78, 5) is 21.9. The van der Waals surface area contributed by atoms with Crippen molar-refractivity contribution in [2.24, 2.45) is 4.99 Å². The third-order valence-electron chi connectivity index (χ3n) is 6.29. The Balaban J connectivity index is 1.41. The molecular formula is C28H27FN4O2. The predicted octanol–water partition coefficient (Wildman–Crippen LogP) is 5.85. The van der Waals surface area contributed by atoms with Gasteiger partial charge >= 0.3 is 0 Å². The van der Waals surface area contributed by atoms with Crippen LogP contribution < -0.4 is 10.9 Å². The number of anilines is 2. The first-order chi connectivity index (χ1) is 17.0. The van der Waals surface area contributed by atoms with Crippen molar-refractivity contribution in [2.75, 3.05) is 18.4 Å². The summed E-state index contributed by atoms with van der Waals surface area (Å²) in [7, 11) is 0. The van der Waals surface area contributed by atoms with E-state index in [-0.39, 0.29) is 11.7 Å². The maximum Gasteiger partial charge on any atom is 0.258 e. The normalized spacial score (nSPS) is 14.5. The molecule has 0 spiro atoms. The number of aliphatic imine (C=N–C) groups is 1. The molecule has 1 saturated heterocycles. The van der Waals surface area contributed by atoms with Gasteiger partial charge in [0.05, 0.1) is 11.3 Å². The molecule has 0 unspecified atom stereocenters. The van der Waals surface area contributed by atoms with Crippen LogP contribution in [0.5, 0.6) is 5.88 Å². The topological polar surface area (TPSA) is 80.7 Å². The van der Waals surface area contributed by atoms with Crippen molar-refractivity contribution in [3.63, 3.8) is 0 Å². The highest BCUT2D eigenvalue weighted by atomic mass is 19.1. The lowest BCUT2D eigenvalue weighted by atomic mass is 10.1. The number of piperidine rings is 1. The van der Waals surface area contributed by atoms with Crippen molar-refractivity contribution in [2.45, 2.75) is 25.8 Å². The standard InChI is InChI=1S/C28H27FN4O2/c29-20-5-4-6-22(15-20)31-23-11-12-24-25(16-23)26(28(35)32-27(24)34)17-30-21-9-7-19(8-10-21)18-33-13-2-1-3-14-33/h4-12,15-17,31H,1-3,13-14,18H2,(H2,32,34,35). The molecule has 0 atom stereocenters. The first-order valence-corrected chi connectivity index (χ1v) is 11.8. The molecular weight excluding hydrogens is 443 g/mol. The molecule has 7 heteroatoms. The molecule has 0 saturated carbocycles. The van der Waals surface area contributed by atoms with Crippen LogP contribution in [0, 0.1) is 5.82 Å². The molecule has 0 radical (unpaired) electrons. The molecule has 0 bridgehead atoms. The van der Waals surface area contributed by atoms with Crippen LogP contribution in [0.4, 0.5) is 21.5 Å². The molecule has 1 fully saturated rings. The van der Waals surface area contributed by atoms with Crippen LogP contribution in [-0.4, -0.2) is 34.3 Å². The summed E-state index contributed by atoms with van der Waals surface area (Å²) < 4.78 is 13.6. The second-order valence-electron chi connectivity index (χ2n) is 8.87. The van der Waals surface area contributed by atoms with Crippen molar-refractivity contribution in [1.29, 1.82) is 0 Å². The van der Waals surface area contributed by atoms with Crippen LogP contribution in [0.2, 0.25) is 0 Å². The number of rotatable bonds is 6. The molecule has 5 rings (SSSR count). The molecule has 0 aliphatic carbocycles. The first kappa shape index (κ1) is 22.8. The van der Waals surface area contributed by atoms with Crippen LogP contribution in [0.15, 0.2) is 76.5 Å². The number of nitrogens with one attached hydrogen (secondary N) is 2. The lowest BCUT2D eigenvalue weighted by Gasteiger charge is -2.26. The van der Waals surface area contributed by atoms with Gasteiger partial charge in [0.15, 0.2) is 0 Å². The summed E-state index contributed by atoms with van der Waals surface area (Å²) in [6.07, 6.45) is 5.40. The summed E-state index contributed by atoms with van der Waals surface area (Å²) >= 11 is 0. The molecule has 35 heavy (non-hydrogen) atoms. The highest BCUT2D eigenvalue weighted by molar-refractivity contribution is 6.03. The van der Waals surface area contributed by atoms with E-state index in [1.54, 1.807) is 36.5 Å². The summed E-state index contributed by atoms with van der Waals surface area (Å²) in [5.74, 6) is -0.601. The maximum absolute atomic E-state index is 13.6. The first-order valence-electron chi connectivity index (χ1n) is 11.8. The van der Waals surface area contributed by atoms with Crippen molar-refractivity contribution in [1.82, 2.24) is 9.88 Å². The molecule has 1 aliphatic heterocycles. The summed E-state index contributed by atoms with van der Waals surface area (Å²) in [6.45, 7) is 3.24. The van der Waals surface area contributed by atoms with Gasteiger partial charge in [-0.3, -0.25) is 19.7 Å². The van der Waals surface area contributed by atoms with Gasteiger partial charge in [-0.15, -0.1) is 0 Å². The fraction of sp³-hybridized carbons (Fsp3) is 0.214. The van der Waals surface area contributed by atoms with Crippen LogP contribution >= 0.6 is 0 Å². The monoisotopic (exact) mass is 470 g/mol. The molecule has 4 aromatic rings. The number of nitrogens with zero attached hydrogens (tertiary/aromatic N) is 2. The molecule has 1 aromatic heterocycles. The number of halogens is 1. The molecule has 178 valence electrons. The molecule has 3 aromatic carbocycles. The number of benzene rings is 3. The molecule has 1 aliphatic rings. The van der Waals surface area contributed by atoms with E-state index in [1.807, 2.05) is 12.1 Å². The summed E-state index contributed by atoms with van der Waals surface area (Å²) in [5.41, 5.74) is 3.24. The third kappa shape index (κ3) is 5.41. The lowest BCUT2D eigenvalue weighted by molar-refractivity contribution is 0.221. The summed E-state index contributed by atoms with van der Waals surface area (Å²) in [6, 6.07) is 19.3. The van der Waals surface area contributed by atoms with E-state index in [2.05, 4.69) is 32.3 Å². The van der Waals surface area contributed by atoms with E-state index in [1.165, 1.54) is 37.0 Å². The predicted molar refractivity (Wildman–Crippen MR) is 139 cm³/mol. The number of aromatic hydroxyl groups is 1. The minimum atomic E-state index is -0.394. The number of hydrogen-bond donors (Lipinski definition) is 3. The van der Waals surface area contributed by atoms with E-state index in [4.69, 9.17) is 0 Å². The Morgan fingerprint density at radius 2 is 1.74 bits per heavy atom. The Kier molecular flexibility index (Phi) is 6.59. The van der Waals surface area contributed by atoms with E-state index in [0.717, 1.165) is 25.3 Å². The van der Waals surface area contributed by atoms with Crippen LogP contribution in [0.1, 0.15) is 30.4 Å². The lowest BCUT2D eigenvalue weighted by Crippen LogP contribution is -2.28. The van der Waals surface area contributed by atoms with Gasteiger partial charge in [0.2, 0.25) is 5.88 Å². The third-order valence-corrected chi connectivity index (χ3v) is 6.29. The van der Waals surface area contributed by atoms with Gasteiger partial charge in [0.25, 0.3) is 5.56 Å². The molecule has 3 N–H and O–H groups in total. The van der Waals surface area contributed by atoms with Crippen LogP contribution in [0.25, 0.3) is 10.8 Å². The number of aromatic nitrogens is 1.